The van der Waals surface area contributed by atoms with Gasteiger partial charge in [0.1, 0.15) is 11.6 Å². The van der Waals surface area contributed by atoms with E-state index in [1.807, 2.05) is 48.5 Å². The summed E-state index contributed by atoms with van der Waals surface area (Å²) >= 11 is 0. The van der Waals surface area contributed by atoms with Gasteiger partial charge in [0.25, 0.3) is 0 Å². The molecule has 0 amide bonds. The molecule has 0 heterocycles. The van der Waals surface area contributed by atoms with Crippen LogP contribution < -0.4 is 0 Å². The minimum absolute atomic E-state index is 0.271. The van der Waals surface area contributed by atoms with Gasteiger partial charge < -0.3 is 0 Å². The summed E-state index contributed by atoms with van der Waals surface area (Å²) in [6.07, 6.45) is 0. The molecular weight excluding hydrogens is 338 g/mol. The zero-order valence-corrected chi connectivity index (χ0v) is 14.5. The molecule has 2 heteroatoms. The van der Waals surface area contributed by atoms with Gasteiger partial charge in [-0.05, 0) is 57.6 Å². The molecule has 130 valence electrons. The molecule has 0 aliphatic heterocycles. The van der Waals surface area contributed by atoms with Crippen LogP contribution in [0.3, 0.4) is 0 Å². The van der Waals surface area contributed by atoms with E-state index in [0.717, 1.165) is 33.4 Å². The van der Waals surface area contributed by atoms with Gasteiger partial charge >= 0.3 is 0 Å². The third kappa shape index (κ3) is 2.20. The van der Waals surface area contributed by atoms with Crippen molar-refractivity contribution < 1.29 is 8.78 Å². The van der Waals surface area contributed by atoms with Crippen LogP contribution in [0.15, 0.2) is 97.1 Å². The van der Waals surface area contributed by atoms with Crippen LogP contribution in [0.1, 0.15) is 22.3 Å². The largest absolute Gasteiger partial charge is 0.207 e. The maximum atomic E-state index is 13.7. The van der Waals surface area contributed by atoms with Crippen molar-refractivity contribution in [3.63, 3.8) is 0 Å². The van der Waals surface area contributed by atoms with Gasteiger partial charge in [-0.15, -0.1) is 0 Å². The molecule has 5 rings (SSSR count). The number of rotatable bonds is 2. The highest BCUT2D eigenvalue weighted by atomic mass is 19.1. The summed E-state index contributed by atoms with van der Waals surface area (Å²) in [6.45, 7) is 0. The topological polar surface area (TPSA) is 0 Å². The molecule has 0 nitrogen and oxygen atoms in total. The Kier molecular flexibility index (Phi) is 3.48. The molecule has 4 aromatic rings. The summed E-state index contributed by atoms with van der Waals surface area (Å²) in [5.41, 5.74) is 5.90. The molecule has 27 heavy (non-hydrogen) atoms. The molecule has 0 bridgehead atoms. The lowest BCUT2D eigenvalue weighted by molar-refractivity contribution is 0.622. The number of hydrogen-bond donors (Lipinski definition) is 0. The predicted molar refractivity (Wildman–Crippen MR) is 104 cm³/mol. The van der Waals surface area contributed by atoms with Crippen molar-refractivity contribution >= 4 is 0 Å². The van der Waals surface area contributed by atoms with E-state index in [0.29, 0.717) is 0 Å². The van der Waals surface area contributed by atoms with Crippen molar-refractivity contribution in [1.82, 2.24) is 0 Å². The van der Waals surface area contributed by atoms with Crippen LogP contribution >= 0.6 is 0 Å². The third-order valence-electron chi connectivity index (χ3n) is 5.51. The van der Waals surface area contributed by atoms with E-state index in [1.165, 1.54) is 24.3 Å². The Balaban J connectivity index is 1.94. The van der Waals surface area contributed by atoms with Crippen molar-refractivity contribution in [3.8, 4) is 11.1 Å². The molecule has 0 unspecified atom stereocenters. The van der Waals surface area contributed by atoms with Crippen molar-refractivity contribution in [3.05, 3.63) is 131 Å². The molecule has 1 aliphatic rings. The first-order chi connectivity index (χ1) is 13.2. The quantitative estimate of drug-likeness (QED) is 0.348. The van der Waals surface area contributed by atoms with Gasteiger partial charge in [0.05, 0.1) is 5.41 Å². The lowest BCUT2D eigenvalue weighted by atomic mass is 9.68. The van der Waals surface area contributed by atoms with Gasteiger partial charge in [0, 0.05) is 0 Å². The van der Waals surface area contributed by atoms with Gasteiger partial charge in [-0.2, -0.15) is 0 Å². The monoisotopic (exact) mass is 354 g/mol. The molecule has 0 spiro atoms. The molecule has 0 atom stereocenters. The summed E-state index contributed by atoms with van der Waals surface area (Å²) < 4.78 is 27.4. The number of hydrogen-bond acceptors (Lipinski definition) is 0. The molecular formula is C25H16F2. The van der Waals surface area contributed by atoms with Crippen molar-refractivity contribution in [2.24, 2.45) is 0 Å². The fraction of sp³-hybridized carbons (Fsp3) is 0.0400. The summed E-state index contributed by atoms with van der Waals surface area (Å²) in [6, 6.07) is 29.8. The molecule has 0 N–H and O–H groups in total. The Bertz CT molecular complexity index is 1030. The van der Waals surface area contributed by atoms with Crippen molar-refractivity contribution in [1.29, 1.82) is 0 Å². The Morgan fingerprint density at radius 2 is 0.815 bits per heavy atom. The second kappa shape index (κ2) is 5.88. The predicted octanol–water partition coefficient (Wildman–Crippen LogP) is 6.33. The number of halogens is 2. The van der Waals surface area contributed by atoms with Crippen LogP contribution in [-0.4, -0.2) is 0 Å². The zero-order chi connectivity index (χ0) is 18.4. The zero-order valence-electron chi connectivity index (χ0n) is 14.5. The molecule has 0 saturated carbocycles. The summed E-state index contributed by atoms with van der Waals surface area (Å²) in [5.74, 6) is -0.542. The summed E-state index contributed by atoms with van der Waals surface area (Å²) in [5, 5.41) is 0. The van der Waals surface area contributed by atoms with Gasteiger partial charge in [-0.25, -0.2) is 8.78 Å². The summed E-state index contributed by atoms with van der Waals surface area (Å²) in [4.78, 5) is 0. The molecule has 4 aromatic carbocycles. The minimum atomic E-state index is -0.603. The third-order valence-corrected chi connectivity index (χ3v) is 5.51. The highest BCUT2D eigenvalue weighted by molar-refractivity contribution is 5.86. The summed E-state index contributed by atoms with van der Waals surface area (Å²) in [7, 11) is 0. The van der Waals surface area contributed by atoms with Gasteiger partial charge in [0.2, 0.25) is 0 Å². The first kappa shape index (κ1) is 16.0. The minimum Gasteiger partial charge on any atom is -0.207 e. The molecule has 0 radical (unpaired) electrons. The molecule has 0 fully saturated rings. The van der Waals surface area contributed by atoms with E-state index in [4.69, 9.17) is 0 Å². The van der Waals surface area contributed by atoms with E-state index in [2.05, 4.69) is 24.3 Å². The van der Waals surface area contributed by atoms with Gasteiger partial charge in [-0.1, -0.05) is 72.8 Å². The second-order valence-corrected chi connectivity index (χ2v) is 6.85. The Hall–Kier alpha value is -3.26. The lowest BCUT2D eigenvalue weighted by Crippen LogP contribution is -2.28. The Morgan fingerprint density at radius 1 is 0.444 bits per heavy atom. The number of benzene rings is 4. The fourth-order valence-corrected chi connectivity index (χ4v) is 4.42. The molecule has 0 aromatic heterocycles. The van der Waals surface area contributed by atoms with Crippen LogP contribution in [0.5, 0.6) is 0 Å². The van der Waals surface area contributed by atoms with Gasteiger partial charge in [-0.3, -0.25) is 0 Å². The smallest absolute Gasteiger partial charge is 0.123 e. The average Bonchev–Trinajstić information content (AvgIpc) is 3.01. The molecule has 1 aliphatic carbocycles. The first-order valence-electron chi connectivity index (χ1n) is 8.93. The average molecular weight is 354 g/mol. The van der Waals surface area contributed by atoms with E-state index in [1.54, 1.807) is 0 Å². The highest BCUT2D eigenvalue weighted by Gasteiger charge is 2.45. The standard InChI is InChI=1S/C25H16F2/c26-19-13-9-17(10-14-19)25(18-11-15-20(27)16-12-18)23-7-3-1-5-21(23)22-6-2-4-8-24(22)25/h1-16H. The lowest BCUT2D eigenvalue weighted by Gasteiger charge is -2.33. The second-order valence-electron chi connectivity index (χ2n) is 6.85. The first-order valence-corrected chi connectivity index (χ1v) is 8.93. The van der Waals surface area contributed by atoms with Crippen molar-refractivity contribution in [2.75, 3.05) is 0 Å². The Morgan fingerprint density at radius 3 is 1.22 bits per heavy atom. The van der Waals surface area contributed by atoms with E-state index in [-0.39, 0.29) is 11.6 Å². The van der Waals surface area contributed by atoms with E-state index >= 15 is 0 Å². The van der Waals surface area contributed by atoms with Crippen LogP contribution in [0.2, 0.25) is 0 Å². The maximum absolute atomic E-state index is 13.7. The normalized spacial score (nSPS) is 13.9. The Labute approximate surface area is 156 Å². The van der Waals surface area contributed by atoms with Crippen LogP contribution in [0, 0.1) is 11.6 Å². The van der Waals surface area contributed by atoms with E-state index in [9.17, 15) is 8.78 Å². The number of fused-ring (bicyclic) bond motifs is 3. The van der Waals surface area contributed by atoms with Crippen LogP contribution in [0.25, 0.3) is 11.1 Å². The van der Waals surface area contributed by atoms with E-state index < -0.39 is 5.41 Å². The van der Waals surface area contributed by atoms with Gasteiger partial charge in [0.15, 0.2) is 0 Å². The van der Waals surface area contributed by atoms with Crippen molar-refractivity contribution in [2.45, 2.75) is 5.41 Å². The van der Waals surface area contributed by atoms with Crippen LogP contribution in [-0.2, 0) is 5.41 Å². The fourth-order valence-electron chi connectivity index (χ4n) is 4.42. The van der Waals surface area contributed by atoms with Crippen LogP contribution in [0.4, 0.5) is 8.78 Å². The SMILES string of the molecule is Fc1ccc(C2(c3ccc(F)cc3)c3ccccc3-c3ccccc32)cc1. The maximum Gasteiger partial charge on any atom is 0.123 e. The molecule has 0 saturated heterocycles. The highest BCUT2D eigenvalue weighted by Crippen LogP contribution is 2.55.